The fourth-order valence-electron chi connectivity index (χ4n) is 1.60. The molecule has 2 amide bonds. The third-order valence-corrected chi connectivity index (χ3v) is 2.38. The molecule has 0 bridgehead atoms. The van der Waals surface area contributed by atoms with E-state index >= 15 is 0 Å². The van der Waals surface area contributed by atoms with Gasteiger partial charge in [0.15, 0.2) is 0 Å². The maximum absolute atomic E-state index is 11.2. The minimum absolute atomic E-state index is 0.0227. The number of amides is 2. The van der Waals surface area contributed by atoms with E-state index < -0.39 is 0 Å². The first-order valence-electron chi connectivity index (χ1n) is 4.41. The number of nitrogens with zero attached hydrogens (tertiary/aromatic N) is 1. The molecule has 0 aromatic rings. The molecule has 1 saturated heterocycles. The second kappa shape index (κ2) is 4.23. The van der Waals surface area contributed by atoms with E-state index in [1.807, 2.05) is 0 Å². The first kappa shape index (κ1) is 9.98. The van der Waals surface area contributed by atoms with Crippen molar-refractivity contribution in [3.8, 4) is 0 Å². The van der Waals surface area contributed by atoms with Gasteiger partial charge in [0, 0.05) is 20.0 Å². The SMILES string of the molecule is CC(=O)N1CCC[C@@H](C(=O)NN)C1. The highest BCUT2D eigenvalue weighted by Crippen LogP contribution is 2.16. The van der Waals surface area contributed by atoms with E-state index in [0.29, 0.717) is 6.54 Å². The molecule has 1 aliphatic rings. The highest BCUT2D eigenvalue weighted by atomic mass is 16.2. The number of carbonyl (C=O) groups excluding carboxylic acids is 2. The van der Waals surface area contributed by atoms with Crippen molar-refractivity contribution in [1.29, 1.82) is 0 Å². The van der Waals surface area contributed by atoms with Crippen molar-refractivity contribution >= 4 is 11.8 Å². The first-order chi connectivity index (χ1) is 6.15. The van der Waals surface area contributed by atoms with Crippen LogP contribution in [0.2, 0.25) is 0 Å². The smallest absolute Gasteiger partial charge is 0.238 e. The van der Waals surface area contributed by atoms with Gasteiger partial charge >= 0.3 is 0 Å². The molecular formula is C8H15N3O2. The van der Waals surface area contributed by atoms with Gasteiger partial charge in [0.05, 0.1) is 5.92 Å². The summed E-state index contributed by atoms with van der Waals surface area (Å²) in [6, 6.07) is 0. The highest BCUT2D eigenvalue weighted by molar-refractivity contribution is 5.80. The van der Waals surface area contributed by atoms with Gasteiger partial charge in [-0.3, -0.25) is 15.0 Å². The standard InChI is InChI=1S/C8H15N3O2/c1-6(12)11-4-2-3-7(5-11)8(13)10-9/h7H,2-5,9H2,1H3,(H,10,13)/t7-/m1/s1. The van der Waals surface area contributed by atoms with Gasteiger partial charge in [0.2, 0.25) is 11.8 Å². The Morgan fingerprint density at radius 3 is 2.77 bits per heavy atom. The molecular weight excluding hydrogens is 170 g/mol. The molecule has 0 aromatic carbocycles. The summed E-state index contributed by atoms with van der Waals surface area (Å²) in [6.45, 7) is 2.77. The molecule has 3 N–H and O–H groups in total. The van der Waals surface area contributed by atoms with Gasteiger partial charge in [-0.05, 0) is 12.8 Å². The number of nitrogens with one attached hydrogen (secondary N) is 1. The van der Waals surface area contributed by atoms with Crippen molar-refractivity contribution in [1.82, 2.24) is 10.3 Å². The van der Waals surface area contributed by atoms with Crippen LogP contribution in [0.25, 0.3) is 0 Å². The summed E-state index contributed by atoms with van der Waals surface area (Å²) < 4.78 is 0. The molecule has 0 saturated carbocycles. The summed E-state index contributed by atoms with van der Waals surface area (Å²) in [6.07, 6.45) is 1.68. The molecule has 0 spiro atoms. The van der Waals surface area contributed by atoms with E-state index in [4.69, 9.17) is 5.84 Å². The molecule has 74 valence electrons. The lowest BCUT2D eigenvalue weighted by Gasteiger charge is -2.30. The predicted molar refractivity (Wildman–Crippen MR) is 47.3 cm³/mol. The van der Waals surface area contributed by atoms with E-state index in [-0.39, 0.29) is 17.7 Å². The molecule has 5 heteroatoms. The van der Waals surface area contributed by atoms with Crippen LogP contribution in [0.3, 0.4) is 0 Å². The number of carbonyl (C=O) groups is 2. The Balaban J connectivity index is 2.51. The number of piperidine rings is 1. The van der Waals surface area contributed by atoms with E-state index in [2.05, 4.69) is 5.43 Å². The van der Waals surface area contributed by atoms with Crippen molar-refractivity contribution in [3.05, 3.63) is 0 Å². The molecule has 0 aliphatic carbocycles. The van der Waals surface area contributed by atoms with Crippen LogP contribution in [-0.4, -0.2) is 29.8 Å². The van der Waals surface area contributed by atoms with Crippen molar-refractivity contribution in [2.24, 2.45) is 11.8 Å². The van der Waals surface area contributed by atoms with Crippen molar-refractivity contribution in [3.63, 3.8) is 0 Å². The minimum atomic E-state index is -0.175. The number of hydrazine groups is 1. The van der Waals surface area contributed by atoms with Crippen LogP contribution in [0.15, 0.2) is 0 Å². The Labute approximate surface area is 77.2 Å². The largest absolute Gasteiger partial charge is 0.342 e. The molecule has 1 fully saturated rings. The summed E-state index contributed by atoms with van der Waals surface area (Å²) in [5.41, 5.74) is 2.12. The fourth-order valence-corrected chi connectivity index (χ4v) is 1.60. The van der Waals surface area contributed by atoms with E-state index in [0.717, 1.165) is 19.4 Å². The Hall–Kier alpha value is -1.10. The van der Waals surface area contributed by atoms with Crippen LogP contribution in [0.4, 0.5) is 0 Å². The maximum Gasteiger partial charge on any atom is 0.238 e. The van der Waals surface area contributed by atoms with Crippen LogP contribution in [0.5, 0.6) is 0 Å². The molecule has 1 heterocycles. The van der Waals surface area contributed by atoms with Gasteiger partial charge < -0.3 is 4.90 Å². The molecule has 1 rings (SSSR count). The molecule has 13 heavy (non-hydrogen) atoms. The molecule has 0 aromatic heterocycles. The molecule has 1 aliphatic heterocycles. The zero-order chi connectivity index (χ0) is 9.84. The normalized spacial score (nSPS) is 22.6. The summed E-state index contributed by atoms with van der Waals surface area (Å²) in [5, 5.41) is 0. The first-order valence-corrected chi connectivity index (χ1v) is 4.41. The van der Waals surface area contributed by atoms with Gasteiger partial charge in [0.25, 0.3) is 0 Å². The Bertz CT molecular complexity index is 217. The summed E-state index contributed by atoms with van der Waals surface area (Å²) >= 11 is 0. The Morgan fingerprint density at radius 1 is 1.54 bits per heavy atom. The van der Waals surface area contributed by atoms with Gasteiger partial charge in [-0.25, -0.2) is 5.84 Å². The topological polar surface area (TPSA) is 75.4 Å². The number of rotatable bonds is 1. The summed E-state index contributed by atoms with van der Waals surface area (Å²) in [4.78, 5) is 23.9. The van der Waals surface area contributed by atoms with Crippen LogP contribution in [-0.2, 0) is 9.59 Å². The average Bonchev–Trinajstić information content (AvgIpc) is 2.17. The summed E-state index contributed by atoms with van der Waals surface area (Å²) in [5.74, 6) is 4.73. The van der Waals surface area contributed by atoms with Crippen LogP contribution >= 0.6 is 0 Å². The number of hydrogen-bond donors (Lipinski definition) is 2. The van der Waals surface area contributed by atoms with Crippen molar-refractivity contribution in [2.45, 2.75) is 19.8 Å². The lowest BCUT2D eigenvalue weighted by atomic mass is 9.97. The van der Waals surface area contributed by atoms with Crippen molar-refractivity contribution in [2.75, 3.05) is 13.1 Å². The zero-order valence-electron chi connectivity index (χ0n) is 7.75. The van der Waals surface area contributed by atoms with Crippen LogP contribution in [0, 0.1) is 5.92 Å². The lowest BCUT2D eigenvalue weighted by Crippen LogP contribution is -2.46. The number of likely N-dealkylation sites (tertiary alicyclic amines) is 1. The van der Waals surface area contributed by atoms with E-state index in [9.17, 15) is 9.59 Å². The second-order valence-corrected chi connectivity index (χ2v) is 3.31. The van der Waals surface area contributed by atoms with Crippen molar-refractivity contribution < 1.29 is 9.59 Å². The van der Waals surface area contributed by atoms with Crippen LogP contribution in [0.1, 0.15) is 19.8 Å². The number of hydrogen-bond acceptors (Lipinski definition) is 3. The van der Waals surface area contributed by atoms with Gasteiger partial charge in [-0.2, -0.15) is 0 Å². The fraction of sp³-hybridized carbons (Fsp3) is 0.750. The van der Waals surface area contributed by atoms with E-state index in [1.165, 1.54) is 6.92 Å². The minimum Gasteiger partial charge on any atom is -0.342 e. The third kappa shape index (κ3) is 2.42. The molecule has 5 nitrogen and oxygen atoms in total. The summed E-state index contributed by atoms with van der Waals surface area (Å²) in [7, 11) is 0. The second-order valence-electron chi connectivity index (χ2n) is 3.31. The Kier molecular flexibility index (Phi) is 3.25. The monoisotopic (exact) mass is 185 g/mol. The quantitative estimate of drug-likeness (QED) is 0.320. The third-order valence-electron chi connectivity index (χ3n) is 2.38. The highest BCUT2D eigenvalue weighted by Gasteiger charge is 2.26. The average molecular weight is 185 g/mol. The lowest BCUT2D eigenvalue weighted by molar-refractivity contribution is -0.133. The predicted octanol–water partition coefficient (Wildman–Crippen LogP) is -0.765. The Morgan fingerprint density at radius 2 is 2.23 bits per heavy atom. The zero-order valence-corrected chi connectivity index (χ0v) is 7.75. The van der Waals surface area contributed by atoms with Gasteiger partial charge in [-0.1, -0.05) is 0 Å². The molecule has 0 unspecified atom stereocenters. The van der Waals surface area contributed by atoms with Crippen LogP contribution < -0.4 is 11.3 Å². The van der Waals surface area contributed by atoms with E-state index in [1.54, 1.807) is 4.90 Å². The molecule has 1 atom stereocenters. The van der Waals surface area contributed by atoms with Gasteiger partial charge in [-0.15, -0.1) is 0 Å². The van der Waals surface area contributed by atoms with Gasteiger partial charge in [0.1, 0.15) is 0 Å². The molecule has 0 radical (unpaired) electrons. The maximum atomic E-state index is 11.2. The number of nitrogens with two attached hydrogens (primary N) is 1.